The van der Waals surface area contributed by atoms with Crippen molar-refractivity contribution >= 4 is 18.1 Å². The molecule has 0 saturated carbocycles. The fourth-order valence-corrected chi connectivity index (χ4v) is 2.95. The lowest BCUT2D eigenvalue weighted by Crippen LogP contribution is -2.25. The van der Waals surface area contributed by atoms with Crippen LogP contribution in [-0.2, 0) is 4.79 Å². The monoisotopic (exact) mass is 442 g/mol. The van der Waals surface area contributed by atoms with E-state index in [0.717, 1.165) is 11.1 Å². The minimum atomic E-state index is -0.500. The number of ether oxygens (including phenoxy) is 2. The molecule has 1 amide bonds. The molecule has 0 aliphatic rings. The number of rotatable bonds is 7. The number of carbonyl (C=O) groups excluding carboxylic acids is 2. The highest BCUT2D eigenvalue weighted by Gasteiger charge is 2.12. The summed E-state index contributed by atoms with van der Waals surface area (Å²) < 4.78 is 10.7. The molecule has 0 unspecified atom stereocenters. The number of nitrogens with one attached hydrogen (secondary N) is 1. The Morgan fingerprint density at radius 3 is 2.58 bits per heavy atom. The first-order valence-electron chi connectivity index (χ1n) is 10.1. The van der Waals surface area contributed by atoms with Gasteiger partial charge in [-0.05, 0) is 74.4 Å². The molecule has 8 nitrogen and oxygen atoms in total. The molecule has 0 bridgehead atoms. The van der Waals surface area contributed by atoms with Crippen molar-refractivity contribution in [3.05, 3.63) is 88.1 Å². The molecule has 33 heavy (non-hydrogen) atoms. The van der Waals surface area contributed by atoms with Crippen LogP contribution < -0.4 is 14.9 Å². The number of esters is 1. The number of hydrogen-bond donors (Lipinski definition) is 1. The van der Waals surface area contributed by atoms with Gasteiger partial charge in [-0.15, -0.1) is 0 Å². The smallest absolute Gasteiger partial charge is 0.343 e. The maximum absolute atomic E-state index is 12.2. The van der Waals surface area contributed by atoms with Gasteiger partial charge in [-0.2, -0.15) is 10.4 Å². The number of hydrazone groups is 1. The average molecular weight is 442 g/mol. The highest BCUT2D eigenvalue weighted by atomic mass is 16.5. The molecule has 1 aromatic heterocycles. The Morgan fingerprint density at radius 2 is 1.88 bits per heavy atom. The normalized spacial score (nSPS) is 10.5. The molecule has 166 valence electrons. The lowest BCUT2D eigenvalue weighted by molar-refractivity contribution is -0.123. The van der Waals surface area contributed by atoms with Crippen LogP contribution in [0.2, 0.25) is 0 Å². The summed E-state index contributed by atoms with van der Waals surface area (Å²) in [6.45, 7) is 5.12. The number of hydrogen-bond acceptors (Lipinski definition) is 7. The summed E-state index contributed by atoms with van der Waals surface area (Å²) in [6.07, 6.45) is 1.44. The van der Waals surface area contributed by atoms with E-state index in [1.165, 1.54) is 6.21 Å². The third-order valence-corrected chi connectivity index (χ3v) is 4.51. The topological polar surface area (TPSA) is 114 Å². The predicted molar refractivity (Wildman–Crippen MR) is 122 cm³/mol. The third kappa shape index (κ3) is 6.48. The Kier molecular flexibility index (Phi) is 7.50. The molecule has 8 heteroatoms. The number of carbonyl (C=O) groups is 2. The molecular weight excluding hydrogens is 420 g/mol. The van der Waals surface area contributed by atoms with E-state index in [0.29, 0.717) is 28.1 Å². The largest absolute Gasteiger partial charge is 0.467 e. The minimum Gasteiger partial charge on any atom is -0.467 e. The summed E-state index contributed by atoms with van der Waals surface area (Å²) in [7, 11) is 0. The van der Waals surface area contributed by atoms with Crippen molar-refractivity contribution in [2.75, 3.05) is 6.61 Å². The zero-order valence-electron chi connectivity index (χ0n) is 18.5. The van der Waals surface area contributed by atoms with Gasteiger partial charge in [-0.25, -0.2) is 15.2 Å². The summed E-state index contributed by atoms with van der Waals surface area (Å²) in [6, 6.07) is 17.6. The van der Waals surface area contributed by atoms with E-state index >= 15 is 0 Å². The van der Waals surface area contributed by atoms with Gasteiger partial charge in [-0.1, -0.05) is 17.7 Å². The van der Waals surface area contributed by atoms with Gasteiger partial charge in [0.25, 0.3) is 5.91 Å². The number of nitriles is 1. The molecule has 0 aliphatic carbocycles. The van der Waals surface area contributed by atoms with Crippen molar-refractivity contribution in [1.29, 1.82) is 5.26 Å². The van der Waals surface area contributed by atoms with Crippen LogP contribution in [0.5, 0.6) is 11.6 Å². The first-order chi connectivity index (χ1) is 15.9. The van der Waals surface area contributed by atoms with Crippen LogP contribution in [0.15, 0.2) is 59.7 Å². The maximum Gasteiger partial charge on any atom is 0.343 e. The lowest BCUT2D eigenvalue weighted by Gasteiger charge is -2.08. The van der Waals surface area contributed by atoms with E-state index < -0.39 is 11.9 Å². The van der Waals surface area contributed by atoms with Crippen molar-refractivity contribution < 1.29 is 19.1 Å². The quantitative estimate of drug-likeness (QED) is 0.259. The second-order valence-corrected chi connectivity index (χ2v) is 7.28. The second-order valence-electron chi connectivity index (χ2n) is 7.28. The first-order valence-corrected chi connectivity index (χ1v) is 10.1. The molecule has 1 N–H and O–H groups in total. The fraction of sp³-hybridized carbons (Fsp3) is 0.160. The van der Waals surface area contributed by atoms with Crippen LogP contribution in [0.3, 0.4) is 0 Å². The van der Waals surface area contributed by atoms with Crippen LogP contribution in [0.4, 0.5) is 0 Å². The number of benzene rings is 2. The van der Waals surface area contributed by atoms with Crippen molar-refractivity contribution in [3.63, 3.8) is 0 Å². The van der Waals surface area contributed by atoms with Crippen molar-refractivity contribution in [2.24, 2.45) is 5.10 Å². The van der Waals surface area contributed by atoms with Gasteiger partial charge in [-0.3, -0.25) is 4.79 Å². The number of nitrogens with zero attached hydrogens (tertiary/aromatic N) is 3. The molecule has 1 heterocycles. The van der Waals surface area contributed by atoms with Crippen LogP contribution in [0.1, 0.15) is 38.3 Å². The Labute approximate surface area is 191 Å². The number of amides is 1. The van der Waals surface area contributed by atoms with Crippen LogP contribution in [-0.4, -0.2) is 29.7 Å². The van der Waals surface area contributed by atoms with Crippen molar-refractivity contribution in [3.8, 4) is 17.7 Å². The summed E-state index contributed by atoms with van der Waals surface area (Å²) >= 11 is 0. The highest BCUT2D eigenvalue weighted by molar-refractivity contribution is 5.91. The van der Waals surface area contributed by atoms with Crippen LogP contribution >= 0.6 is 0 Å². The van der Waals surface area contributed by atoms with Crippen molar-refractivity contribution in [1.82, 2.24) is 10.4 Å². The summed E-state index contributed by atoms with van der Waals surface area (Å²) in [4.78, 5) is 28.4. The maximum atomic E-state index is 12.2. The SMILES string of the molecule is Cc1cccc(C(=O)Oc2ccc(/C=N\NC(=O)COc3nc(C)cc(C)c3C#N)cc2)c1. The van der Waals surface area contributed by atoms with E-state index in [1.807, 2.05) is 19.1 Å². The summed E-state index contributed by atoms with van der Waals surface area (Å²) in [5.74, 6) is -0.430. The van der Waals surface area contributed by atoms with Gasteiger partial charge in [0.2, 0.25) is 5.88 Å². The predicted octanol–water partition coefficient (Wildman–Crippen LogP) is 3.63. The molecule has 2 aromatic carbocycles. The van der Waals surface area contributed by atoms with Crippen LogP contribution in [0.25, 0.3) is 0 Å². The molecule has 0 aliphatic heterocycles. The molecular formula is C25H22N4O4. The Balaban J connectivity index is 1.51. The van der Waals surface area contributed by atoms with Gasteiger partial charge in [0, 0.05) is 5.69 Å². The Hall–Kier alpha value is -4.51. The van der Waals surface area contributed by atoms with E-state index in [4.69, 9.17) is 9.47 Å². The Bertz CT molecular complexity index is 1240. The van der Waals surface area contributed by atoms with Gasteiger partial charge in [0.05, 0.1) is 11.8 Å². The minimum absolute atomic E-state index is 0.116. The van der Waals surface area contributed by atoms with E-state index in [1.54, 1.807) is 62.4 Å². The molecule has 0 atom stereocenters. The summed E-state index contributed by atoms with van der Waals surface area (Å²) in [5, 5.41) is 13.1. The van der Waals surface area contributed by atoms with Gasteiger partial charge in [0.15, 0.2) is 6.61 Å². The number of aromatic nitrogens is 1. The number of pyridine rings is 1. The molecule has 3 aromatic rings. The summed E-state index contributed by atoms with van der Waals surface area (Å²) in [5.41, 5.74) is 6.20. The molecule has 0 radical (unpaired) electrons. The van der Waals surface area contributed by atoms with Crippen molar-refractivity contribution in [2.45, 2.75) is 20.8 Å². The second kappa shape index (κ2) is 10.7. The highest BCUT2D eigenvalue weighted by Crippen LogP contribution is 2.19. The standard InChI is InChI=1S/C25H22N4O4/c1-16-5-4-6-20(11-16)25(31)33-21-9-7-19(8-10-21)14-27-29-23(30)15-32-24-22(13-26)17(2)12-18(3)28-24/h4-12,14H,15H2,1-3H3,(H,29,30)/b27-14-. The average Bonchev–Trinajstić information content (AvgIpc) is 2.78. The van der Waals surface area contributed by atoms with Crippen LogP contribution in [0, 0.1) is 32.1 Å². The lowest BCUT2D eigenvalue weighted by atomic mass is 10.1. The van der Waals surface area contributed by atoms with E-state index in [-0.39, 0.29) is 12.5 Å². The number of aryl methyl sites for hydroxylation is 3. The Morgan fingerprint density at radius 1 is 1.12 bits per heavy atom. The first kappa shape index (κ1) is 23.2. The molecule has 0 fully saturated rings. The molecule has 3 rings (SSSR count). The van der Waals surface area contributed by atoms with E-state index in [9.17, 15) is 14.9 Å². The third-order valence-electron chi connectivity index (χ3n) is 4.51. The molecule has 0 saturated heterocycles. The van der Waals surface area contributed by atoms with Gasteiger partial charge < -0.3 is 9.47 Å². The van der Waals surface area contributed by atoms with Gasteiger partial charge >= 0.3 is 5.97 Å². The molecule has 0 spiro atoms. The van der Waals surface area contributed by atoms with Gasteiger partial charge in [0.1, 0.15) is 17.4 Å². The zero-order chi connectivity index (χ0) is 23.8. The zero-order valence-corrected chi connectivity index (χ0v) is 18.5. The fourth-order valence-electron chi connectivity index (χ4n) is 2.95. The van der Waals surface area contributed by atoms with E-state index in [2.05, 4.69) is 15.5 Å².